The minimum absolute atomic E-state index is 0.195. The molecule has 2 atom stereocenters. The predicted octanol–water partition coefficient (Wildman–Crippen LogP) is 4.16. The quantitative estimate of drug-likeness (QED) is 0.587. The third-order valence-electron chi connectivity index (χ3n) is 4.46. The molecule has 98 valence electrons. The van der Waals surface area contributed by atoms with Gasteiger partial charge in [-0.2, -0.15) is 11.8 Å². The summed E-state index contributed by atoms with van der Waals surface area (Å²) in [6.07, 6.45) is 12.8. The van der Waals surface area contributed by atoms with Crippen LogP contribution >= 0.6 is 11.8 Å². The van der Waals surface area contributed by atoms with Crippen LogP contribution in [0.15, 0.2) is 11.6 Å². The Kier molecular flexibility index (Phi) is 4.98. The van der Waals surface area contributed by atoms with Gasteiger partial charge in [0.1, 0.15) is 0 Å². The zero-order chi connectivity index (χ0) is 12.1. The summed E-state index contributed by atoms with van der Waals surface area (Å²) < 4.78 is 0. The van der Waals surface area contributed by atoms with Crippen LogP contribution in [0.25, 0.3) is 0 Å². The second-order valence-corrected chi connectivity index (χ2v) is 6.99. The first-order valence-electron chi connectivity index (χ1n) is 7.24. The van der Waals surface area contributed by atoms with Gasteiger partial charge >= 0.3 is 0 Å². The average Bonchev–Trinajstić information content (AvgIpc) is 2.39. The van der Waals surface area contributed by atoms with Crippen molar-refractivity contribution < 1.29 is 5.11 Å². The molecule has 17 heavy (non-hydrogen) atoms. The molecule has 1 nitrogen and oxygen atoms in total. The molecule has 0 aromatic rings. The van der Waals surface area contributed by atoms with E-state index in [-0.39, 0.29) is 5.41 Å². The van der Waals surface area contributed by atoms with E-state index in [1.54, 1.807) is 5.57 Å². The highest BCUT2D eigenvalue weighted by Crippen LogP contribution is 2.48. The third kappa shape index (κ3) is 3.08. The molecule has 0 radical (unpaired) electrons. The van der Waals surface area contributed by atoms with Crippen molar-refractivity contribution in [1.82, 2.24) is 0 Å². The molecule has 2 aliphatic carbocycles. The van der Waals surface area contributed by atoms with Crippen LogP contribution in [0.1, 0.15) is 58.3 Å². The Balaban J connectivity index is 1.97. The highest BCUT2D eigenvalue weighted by atomic mass is 32.2. The molecule has 0 heterocycles. The van der Waals surface area contributed by atoms with Crippen LogP contribution in [0.2, 0.25) is 0 Å². The van der Waals surface area contributed by atoms with E-state index in [9.17, 15) is 5.11 Å². The fourth-order valence-corrected chi connectivity index (χ4v) is 4.55. The number of rotatable bonds is 5. The Bertz CT molecular complexity index is 274. The average molecular weight is 254 g/mol. The minimum atomic E-state index is 0.195. The smallest absolute Gasteiger partial charge is 0.0524 e. The van der Waals surface area contributed by atoms with Crippen LogP contribution < -0.4 is 0 Å². The van der Waals surface area contributed by atoms with E-state index in [0.717, 1.165) is 5.25 Å². The second kappa shape index (κ2) is 6.29. The topological polar surface area (TPSA) is 20.2 Å². The summed E-state index contributed by atoms with van der Waals surface area (Å²) in [5.74, 6) is 1.30. The highest BCUT2D eigenvalue weighted by molar-refractivity contribution is 8.00. The van der Waals surface area contributed by atoms with Crippen LogP contribution in [0.3, 0.4) is 0 Å². The SMILES string of the molecule is CCCCS[C@@H]1C=C2CCCC[C@@]2(CO)CC1. The predicted molar refractivity (Wildman–Crippen MR) is 76.5 cm³/mol. The first-order chi connectivity index (χ1) is 8.30. The largest absolute Gasteiger partial charge is 0.395 e. The Morgan fingerprint density at radius 3 is 3.06 bits per heavy atom. The van der Waals surface area contributed by atoms with Crippen molar-refractivity contribution in [2.45, 2.75) is 63.5 Å². The maximum atomic E-state index is 9.73. The monoisotopic (exact) mass is 254 g/mol. The molecule has 2 heteroatoms. The molecule has 0 aliphatic heterocycles. The van der Waals surface area contributed by atoms with Crippen molar-refractivity contribution in [3.05, 3.63) is 11.6 Å². The molecular formula is C15H26OS. The van der Waals surface area contributed by atoms with Gasteiger partial charge in [-0.25, -0.2) is 0 Å². The number of aliphatic hydroxyl groups is 1. The first kappa shape index (κ1) is 13.5. The van der Waals surface area contributed by atoms with Gasteiger partial charge in [0.25, 0.3) is 0 Å². The van der Waals surface area contributed by atoms with E-state index in [0.29, 0.717) is 6.61 Å². The van der Waals surface area contributed by atoms with Gasteiger partial charge < -0.3 is 5.11 Å². The lowest BCUT2D eigenvalue weighted by Crippen LogP contribution is -2.35. The third-order valence-corrected chi connectivity index (χ3v) is 5.78. The lowest BCUT2D eigenvalue weighted by molar-refractivity contribution is 0.113. The van der Waals surface area contributed by atoms with Crippen molar-refractivity contribution in [3.63, 3.8) is 0 Å². The standard InChI is InChI=1S/C15H26OS/c1-2-3-10-17-14-7-9-15(12-16)8-5-4-6-13(15)11-14/h11,14,16H,2-10,12H2,1H3/t14-,15-/m0/s1. The molecule has 1 fully saturated rings. The van der Waals surface area contributed by atoms with Crippen LogP contribution in [0.4, 0.5) is 0 Å². The van der Waals surface area contributed by atoms with Crippen LogP contribution in [-0.4, -0.2) is 22.7 Å². The first-order valence-corrected chi connectivity index (χ1v) is 8.29. The van der Waals surface area contributed by atoms with Gasteiger partial charge in [0.15, 0.2) is 0 Å². The van der Waals surface area contributed by atoms with E-state index in [1.165, 1.54) is 57.1 Å². The summed E-state index contributed by atoms with van der Waals surface area (Å²) in [4.78, 5) is 0. The summed E-state index contributed by atoms with van der Waals surface area (Å²) in [6.45, 7) is 2.64. The van der Waals surface area contributed by atoms with Gasteiger partial charge in [0.05, 0.1) is 6.61 Å². The molecule has 0 aromatic heterocycles. The molecule has 2 aliphatic rings. The minimum Gasteiger partial charge on any atom is -0.395 e. The van der Waals surface area contributed by atoms with Crippen molar-refractivity contribution >= 4 is 11.8 Å². The Hall–Kier alpha value is 0.0500. The van der Waals surface area contributed by atoms with Crippen LogP contribution in [0.5, 0.6) is 0 Å². The van der Waals surface area contributed by atoms with Crippen LogP contribution in [-0.2, 0) is 0 Å². The number of unbranched alkanes of at least 4 members (excludes halogenated alkanes) is 1. The normalized spacial score (nSPS) is 33.1. The van der Waals surface area contributed by atoms with Crippen molar-refractivity contribution in [2.75, 3.05) is 12.4 Å². The molecule has 2 rings (SSSR count). The molecule has 0 aromatic carbocycles. The van der Waals surface area contributed by atoms with Gasteiger partial charge in [0.2, 0.25) is 0 Å². The number of aliphatic hydroxyl groups excluding tert-OH is 1. The molecule has 0 amide bonds. The van der Waals surface area contributed by atoms with Gasteiger partial charge in [-0.3, -0.25) is 0 Å². The van der Waals surface area contributed by atoms with Gasteiger partial charge in [-0.1, -0.05) is 31.4 Å². The molecule has 1 N–H and O–H groups in total. The van der Waals surface area contributed by atoms with E-state index >= 15 is 0 Å². The van der Waals surface area contributed by atoms with E-state index in [4.69, 9.17) is 0 Å². The zero-order valence-corrected chi connectivity index (χ0v) is 11.9. The van der Waals surface area contributed by atoms with E-state index < -0.39 is 0 Å². The summed E-state index contributed by atoms with van der Waals surface area (Å²) in [5.41, 5.74) is 1.78. The molecule has 0 unspecified atom stereocenters. The van der Waals surface area contributed by atoms with Crippen molar-refractivity contribution in [2.24, 2.45) is 5.41 Å². The molecule has 1 saturated carbocycles. The molecule has 0 spiro atoms. The van der Waals surface area contributed by atoms with Crippen molar-refractivity contribution in [1.29, 1.82) is 0 Å². The van der Waals surface area contributed by atoms with E-state index in [2.05, 4.69) is 24.8 Å². The van der Waals surface area contributed by atoms with Gasteiger partial charge in [0, 0.05) is 10.7 Å². The van der Waals surface area contributed by atoms with Gasteiger partial charge in [-0.15, -0.1) is 0 Å². The summed E-state index contributed by atoms with van der Waals surface area (Å²) in [5, 5.41) is 10.5. The Morgan fingerprint density at radius 2 is 2.29 bits per heavy atom. The Labute approximate surface area is 110 Å². The summed E-state index contributed by atoms with van der Waals surface area (Å²) >= 11 is 2.13. The maximum Gasteiger partial charge on any atom is 0.0524 e. The summed E-state index contributed by atoms with van der Waals surface area (Å²) in [7, 11) is 0. The van der Waals surface area contributed by atoms with Crippen LogP contribution in [0, 0.1) is 5.41 Å². The zero-order valence-electron chi connectivity index (χ0n) is 11.1. The Morgan fingerprint density at radius 1 is 1.41 bits per heavy atom. The fraction of sp³-hybridized carbons (Fsp3) is 0.867. The second-order valence-electron chi connectivity index (χ2n) is 5.64. The van der Waals surface area contributed by atoms with Gasteiger partial charge in [-0.05, 0) is 44.3 Å². The summed E-state index contributed by atoms with van der Waals surface area (Å²) in [6, 6.07) is 0. The highest BCUT2D eigenvalue weighted by Gasteiger charge is 2.38. The van der Waals surface area contributed by atoms with Crippen molar-refractivity contribution in [3.8, 4) is 0 Å². The lowest BCUT2D eigenvalue weighted by Gasteiger charge is -2.43. The number of hydrogen-bond donors (Lipinski definition) is 1. The number of hydrogen-bond acceptors (Lipinski definition) is 2. The number of fused-ring (bicyclic) bond motifs is 1. The van der Waals surface area contributed by atoms with E-state index in [1.807, 2.05) is 0 Å². The fourth-order valence-electron chi connectivity index (χ4n) is 3.25. The molecule has 0 saturated heterocycles. The maximum absolute atomic E-state index is 9.73. The molecular weight excluding hydrogens is 228 g/mol. The lowest BCUT2D eigenvalue weighted by atomic mass is 9.65. The number of thioether (sulfide) groups is 1. The molecule has 0 bridgehead atoms.